The quantitative estimate of drug-likeness (QED) is 0.880. The van der Waals surface area contributed by atoms with Gasteiger partial charge in [0.25, 0.3) is 0 Å². The minimum Gasteiger partial charge on any atom is -0.367 e. The molecule has 148 valence electrons. The van der Waals surface area contributed by atoms with Crippen LogP contribution in [0.1, 0.15) is 18.4 Å². The molecule has 1 unspecified atom stereocenters. The van der Waals surface area contributed by atoms with Gasteiger partial charge in [-0.15, -0.1) is 0 Å². The van der Waals surface area contributed by atoms with Crippen molar-refractivity contribution in [2.45, 2.75) is 31.5 Å². The molecule has 2 fully saturated rings. The highest BCUT2D eigenvalue weighted by Crippen LogP contribution is 2.34. The van der Waals surface area contributed by atoms with E-state index in [4.69, 9.17) is 4.98 Å². The van der Waals surface area contributed by atoms with Crippen LogP contribution in [0.25, 0.3) is 0 Å². The molecule has 1 N–H and O–H groups in total. The number of hydrogen-bond acceptors (Lipinski definition) is 5. The van der Waals surface area contributed by atoms with E-state index in [2.05, 4.69) is 32.1 Å². The summed E-state index contributed by atoms with van der Waals surface area (Å²) in [5, 5.41) is 3.53. The number of pyridine rings is 1. The highest BCUT2D eigenvalue weighted by molar-refractivity contribution is 5.68. The van der Waals surface area contributed by atoms with Crippen LogP contribution in [0.2, 0.25) is 0 Å². The van der Waals surface area contributed by atoms with Gasteiger partial charge in [0.1, 0.15) is 5.82 Å². The first-order chi connectivity index (χ1) is 13.8. The van der Waals surface area contributed by atoms with Gasteiger partial charge >= 0.3 is 0 Å². The molecule has 5 rings (SSSR count). The molecule has 5 nitrogen and oxygen atoms in total. The van der Waals surface area contributed by atoms with E-state index >= 15 is 0 Å². The SMILES string of the molecule is Fc1ccc(CN2CCN3c4ncccc4N(C[C@@H]4CCN4)CCC3C2)cc1. The summed E-state index contributed by atoms with van der Waals surface area (Å²) in [6, 6.07) is 12.3. The van der Waals surface area contributed by atoms with Gasteiger partial charge in [-0.05, 0) is 49.2 Å². The summed E-state index contributed by atoms with van der Waals surface area (Å²) in [5.74, 6) is 0.979. The van der Waals surface area contributed by atoms with Crippen LogP contribution in [-0.2, 0) is 6.54 Å². The van der Waals surface area contributed by atoms with Crippen LogP contribution in [0, 0.1) is 5.82 Å². The average Bonchev–Trinajstić information content (AvgIpc) is 2.83. The number of rotatable bonds is 4. The van der Waals surface area contributed by atoms with Gasteiger partial charge < -0.3 is 15.1 Å². The Bertz CT molecular complexity index is 807. The Morgan fingerprint density at radius 2 is 1.93 bits per heavy atom. The molecular formula is C22H28FN5. The molecule has 2 atom stereocenters. The fourth-order valence-electron chi connectivity index (χ4n) is 4.68. The van der Waals surface area contributed by atoms with Gasteiger partial charge in [0.2, 0.25) is 0 Å². The molecular weight excluding hydrogens is 353 g/mol. The summed E-state index contributed by atoms with van der Waals surface area (Å²) in [4.78, 5) is 12.3. The number of piperazine rings is 1. The summed E-state index contributed by atoms with van der Waals surface area (Å²) < 4.78 is 13.2. The minimum absolute atomic E-state index is 0.166. The van der Waals surface area contributed by atoms with E-state index in [9.17, 15) is 4.39 Å². The van der Waals surface area contributed by atoms with E-state index in [-0.39, 0.29) is 5.82 Å². The number of nitrogens with zero attached hydrogens (tertiary/aromatic N) is 4. The van der Waals surface area contributed by atoms with Crippen LogP contribution >= 0.6 is 0 Å². The fraction of sp³-hybridized carbons (Fsp3) is 0.500. The lowest BCUT2D eigenvalue weighted by atomic mass is 10.1. The Morgan fingerprint density at radius 1 is 1.07 bits per heavy atom. The Morgan fingerprint density at radius 3 is 2.71 bits per heavy atom. The smallest absolute Gasteiger partial charge is 0.152 e. The molecule has 28 heavy (non-hydrogen) atoms. The van der Waals surface area contributed by atoms with Gasteiger partial charge in [-0.2, -0.15) is 0 Å². The topological polar surface area (TPSA) is 34.6 Å². The molecule has 0 amide bonds. The van der Waals surface area contributed by atoms with Crippen LogP contribution < -0.4 is 15.1 Å². The number of aromatic nitrogens is 1. The van der Waals surface area contributed by atoms with E-state index in [1.807, 2.05) is 18.3 Å². The van der Waals surface area contributed by atoms with E-state index in [0.717, 1.165) is 58.1 Å². The number of anilines is 2. The highest BCUT2D eigenvalue weighted by Gasteiger charge is 2.34. The van der Waals surface area contributed by atoms with Crippen molar-refractivity contribution < 1.29 is 4.39 Å². The number of nitrogens with one attached hydrogen (secondary N) is 1. The fourth-order valence-corrected chi connectivity index (χ4v) is 4.68. The van der Waals surface area contributed by atoms with Crippen LogP contribution in [0.4, 0.5) is 15.9 Å². The molecule has 3 aliphatic rings. The van der Waals surface area contributed by atoms with Gasteiger partial charge in [-0.1, -0.05) is 12.1 Å². The molecule has 0 spiro atoms. The van der Waals surface area contributed by atoms with Crippen LogP contribution in [0.3, 0.4) is 0 Å². The molecule has 3 aliphatic heterocycles. The third-order valence-electron chi connectivity index (χ3n) is 6.36. The molecule has 1 aromatic carbocycles. The van der Waals surface area contributed by atoms with Crippen molar-refractivity contribution in [3.63, 3.8) is 0 Å². The molecule has 1 aromatic heterocycles. The van der Waals surface area contributed by atoms with Gasteiger partial charge in [0.05, 0.1) is 5.69 Å². The van der Waals surface area contributed by atoms with E-state index in [1.165, 1.54) is 17.7 Å². The van der Waals surface area contributed by atoms with E-state index in [0.29, 0.717) is 12.1 Å². The summed E-state index contributed by atoms with van der Waals surface area (Å²) in [6.45, 7) is 7.20. The molecule has 6 heteroatoms. The number of hydrogen-bond donors (Lipinski definition) is 1. The third kappa shape index (κ3) is 3.59. The normalized spacial score (nSPS) is 24.9. The number of benzene rings is 1. The standard InChI is InChI=1S/C22H28FN5/c23-18-5-3-17(4-6-18)14-26-12-13-28-20(16-26)8-11-27(15-19-7-10-24-19)21-2-1-9-25-22(21)28/h1-6,9,19-20,24H,7-8,10-16H2/t19-,20?/m0/s1. The Balaban J connectivity index is 1.32. The van der Waals surface area contributed by atoms with Crippen molar-refractivity contribution in [3.8, 4) is 0 Å². The molecule has 0 radical (unpaired) electrons. The largest absolute Gasteiger partial charge is 0.367 e. The average molecular weight is 381 g/mol. The van der Waals surface area contributed by atoms with Crippen molar-refractivity contribution in [2.24, 2.45) is 0 Å². The maximum absolute atomic E-state index is 13.2. The van der Waals surface area contributed by atoms with E-state index < -0.39 is 0 Å². The summed E-state index contributed by atoms with van der Waals surface area (Å²) in [7, 11) is 0. The lowest BCUT2D eigenvalue weighted by Gasteiger charge is -2.41. The first-order valence-corrected chi connectivity index (χ1v) is 10.4. The van der Waals surface area contributed by atoms with Crippen molar-refractivity contribution in [3.05, 3.63) is 54.0 Å². The van der Waals surface area contributed by atoms with Crippen LogP contribution in [0.15, 0.2) is 42.6 Å². The van der Waals surface area contributed by atoms with Gasteiger partial charge in [-0.25, -0.2) is 9.37 Å². The second kappa shape index (κ2) is 7.68. The highest BCUT2D eigenvalue weighted by atomic mass is 19.1. The summed E-state index contributed by atoms with van der Waals surface area (Å²) >= 11 is 0. The van der Waals surface area contributed by atoms with Crippen LogP contribution in [0.5, 0.6) is 0 Å². The lowest BCUT2D eigenvalue weighted by molar-refractivity contribution is 0.211. The Hall–Kier alpha value is -2.18. The van der Waals surface area contributed by atoms with E-state index in [1.54, 1.807) is 12.1 Å². The first-order valence-electron chi connectivity index (χ1n) is 10.4. The Labute approximate surface area is 166 Å². The van der Waals surface area contributed by atoms with Crippen LogP contribution in [-0.4, -0.2) is 61.2 Å². The summed E-state index contributed by atoms with van der Waals surface area (Å²) in [5.41, 5.74) is 2.46. The second-order valence-corrected chi connectivity index (χ2v) is 8.23. The molecule has 2 saturated heterocycles. The van der Waals surface area contributed by atoms with Crippen molar-refractivity contribution in [1.82, 2.24) is 15.2 Å². The predicted octanol–water partition coefficient (Wildman–Crippen LogP) is 2.48. The molecule has 0 saturated carbocycles. The monoisotopic (exact) mass is 381 g/mol. The zero-order chi connectivity index (χ0) is 18.9. The van der Waals surface area contributed by atoms with Crippen molar-refractivity contribution in [2.75, 3.05) is 49.1 Å². The minimum atomic E-state index is -0.166. The van der Waals surface area contributed by atoms with Crippen molar-refractivity contribution >= 4 is 11.5 Å². The molecule has 2 aromatic rings. The van der Waals surface area contributed by atoms with Gasteiger partial charge in [-0.3, -0.25) is 4.90 Å². The van der Waals surface area contributed by atoms with Gasteiger partial charge in [0.15, 0.2) is 5.82 Å². The molecule has 0 bridgehead atoms. The number of fused-ring (bicyclic) bond motifs is 3. The predicted molar refractivity (Wildman–Crippen MR) is 110 cm³/mol. The molecule has 4 heterocycles. The zero-order valence-corrected chi connectivity index (χ0v) is 16.2. The Kier molecular flexibility index (Phi) is 4.91. The molecule has 0 aliphatic carbocycles. The maximum atomic E-state index is 13.2. The number of halogens is 1. The third-order valence-corrected chi connectivity index (χ3v) is 6.36. The van der Waals surface area contributed by atoms with Gasteiger partial charge in [0, 0.05) is 57.5 Å². The maximum Gasteiger partial charge on any atom is 0.152 e. The van der Waals surface area contributed by atoms with Crippen molar-refractivity contribution in [1.29, 1.82) is 0 Å². The lowest BCUT2D eigenvalue weighted by Crippen LogP contribution is -2.53. The summed E-state index contributed by atoms with van der Waals surface area (Å²) in [6.07, 6.45) is 4.33. The first kappa shape index (κ1) is 17.9. The second-order valence-electron chi connectivity index (χ2n) is 8.23. The zero-order valence-electron chi connectivity index (χ0n) is 16.2.